The molecular formula is C22H30N2O2S. The molecular weight excluding hydrogens is 356 g/mol. The third kappa shape index (κ3) is 5.56. The Bertz CT molecular complexity index is 696. The van der Waals surface area contributed by atoms with Gasteiger partial charge >= 0.3 is 0 Å². The largest absolute Gasteiger partial charge is 0.493 e. The number of piperidine rings is 1. The van der Waals surface area contributed by atoms with Crippen LogP contribution in [0.5, 0.6) is 5.75 Å². The number of amides is 1. The molecule has 5 heteroatoms. The van der Waals surface area contributed by atoms with Crippen LogP contribution in [-0.4, -0.2) is 37.0 Å². The first kappa shape index (κ1) is 19.9. The maximum absolute atomic E-state index is 12.8. The number of benzene rings is 1. The lowest BCUT2D eigenvalue weighted by atomic mass is 10.1. The van der Waals surface area contributed by atoms with Gasteiger partial charge in [-0.15, -0.1) is 11.3 Å². The zero-order valence-electron chi connectivity index (χ0n) is 16.2. The maximum atomic E-state index is 12.8. The summed E-state index contributed by atoms with van der Waals surface area (Å²) in [5.41, 5.74) is 0.622. The molecule has 4 nitrogen and oxygen atoms in total. The smallest absolute Gasteiger partial charge is 0.255 e. The Morgan fingerprint density at radius 3 is 2.74 bits per heavy atom. The quantitative estimate of drug-likeness (QED) is 0.624. The van der Waals surface area contributed by atoms with Crippen molar-refractivity contribution < 1.29 is 9.53 Å². The molecule has 1 atom stereocenters. The van der Waals surface area contributed by atoms with Crippen LogP contribution in [0.15, 0.2) is 41.8 Å². The van der Waals surface area contributed by atoms with Crippen molar-refractivity contribution in [2.75, 3.05) is 26.2 Å². The number of carbonyl (C=O) groups is 1. The zero-order valence-corrected chi connectivity index (χ0v) is 17.0. The van der Waals surface area contributed by atoms with Gasteiger partial charge in [-0.05, 0) is 55.9 Å². The first-order valence-corrected chi connectivity index (χ1v) is 10.9. The van der Waals surface area contributed by atoms with E-state index in [1.165, 1.54) is 24.1 Å². The second-order valence-corrected chi connectivity index (χ2v) is 8.02. The van der Waals surface area contributed by atoms with Crippen LogP contribution in [0, 0.1) is 0 Å². The van der Waals surface area contributed by atoms with Crippen LogP contribution < -0.4 is 10.1 Å². The van der Waals surface area contributed by atoms with E-state index in [0.29, 0.717) is 24.5 Å². The molecule has 1 aromatic heterocycles. The first-order chi connectivity index (χ1) is 13.3. The molecule has 1 N–H and O–H groups in total. The van der Waals surface area contributed by atoms with Gasteiger partial charge in [-0.25, -0.2) is 0 Å². The second kappa shape index (κ2) is 10.5. The number of hydrogen-bond donors (Lipinski definition) is 1. The monoisotopic (exact) mass is 386 g/mol. The van der Waals surface area contributed by atoms with E-state index in [1.807, 2.05) is 24.3 Å². The van der Waals surface area contributed by atoms with Gasteiger partial charge in [0.2, 0.25) is 0 Å². The summed E-state index contributed by atoms with van der Waals surface area (Å²) in [5.74, 6) is 0.620. The minimum atomic E-state index is -0.0549. The number of carbonyl (C=O) groups excluding carboxylic acids is 1. The molecule has 2 heterocycles. The van der Waals surface area contributed by atoms with E-state index in [9.17, 15) is 4.79 Å². The minimum absolute atomic E-state index is 0.0549. The SMILES string of the molecule is CCCCOc1ccccc1C(=O)NCC(c1cccs1)N1CCCCC1. The number of unbranched alkanes of at least 4 members (excludes halogenated alkanes) is 1. The molecule has 1 aromatic carbocycles. The van der Waals surface area contributed by atoms with Crippen molar-refractivity contribution in [3.8, 4) is 5.75 Å². The molecule has 1 aliphatic heterocycles. The lowest BCUT2D eigenvalue weighted by molar-refractivity contribution is 0.0921. The Morgan fingerprint density at radius 1 is 1.19 bits per heavy atom. The summed E-state index contributed by atoms with van der Waals surface area (Å²) in [6, 6.07) is 12.1. The molecule has 2 aromatic rings. The Morgan fingerprint density at radius 2 is 2.00 bits per heavy atom. The zero-order chi connectivity index (χ0) is 18.9. The van der Waals surface area contributed by atoms with Gasteiger partial charge in [-0.1, -0.05) is 38.0 Å². The number of nitrogens with one attached hydrogen (secondary N) is 1. The van der Waals surface area contributed by atoms with Crippen LogP contribution in [0.3, 0.4) is 0 Å². The third-order valence-corrected chi connectivity index (χ3v) is 6.02. The highest BCUT2D eigenvalue weighted by Crippen LogP contribution is 2.28. The van der Waals surface area contributed by atoms with Crippen molar-refractivity contribution in [2.24, 2.45) is 0 Å². The summed E-state index contributed by atoms with van der Waals surface area (Å²) in [6.45, 7) is 5.62. The number of ether oxygens (including phenoxy) is 1. The number of hydrogen-bond acceptors (Lipinski definition) is 4. The molecule has 1 aliphatic rings. The molecule has 27 heavy (non-hydrogen) atoms. The Labute approximate surface area is 166 Å². The Hall–Kier alpha value is -1.85. The summed E-state index contributed by atoms with van der Waals surface area (Å²) in [4.78, 5) is 16.7. The van der Waals surface area contributed by atoms with Gasteiger partial charge in [0.15, 0.2) is 0 Å². The molecule has 1 fully saturated rings. The summed E-state index contributed by atoms with van der Waals surface area (Å²) in [7, 11) is 0. The van der Waals surface area contributed by atoms with Crippen molar-refractivity contribution in [2.45, 2.75) is 45.1 Å². The highest BCUT2D eigenvalue weighted by Gasteiger charge is 2.24. The highest BCUT2D eigenvalue weighted by molar-refractivity contribution is 7.10. The standard InChI is InChI=1S/C22H30N2O2S/c1-2-3-15-26-20-11-6-5-10-18(20)22(25)23-17-19(21-12-9-16-27-21)24-13-7-4-8-14-24/h5-6,9-12,16,19H,2-4,7-8,13-15,17H2,1H3,(H,23,25). The molecule has 146 valence electrons. The number of nitrogens with zero attached hydrogens (tertiary/aromatic N) is 1. The molecule has 0 bridgehead atoms. The maximum Gasteiger partial charge on any atom is 0.255 e. The normalized spacial score (nSPS) is 16.0. The molecule has 0 spiro atoms. The molecule has 0 saturated carbocycles. The number of thiophene rings is 1. The second-order valence-electron chi connectivity index (χ2n) is 7.04. The van der Waals surface area contributed by atoms with Crippen LogP contribution in [0.4, 0.5) is 0 Å². The summed E-state index contributed by atoms with van der Waals surface area (Å²) in [5, 5.41) is 5.28. The van der Waals surface area contributed by atoms with E-state index in [2.05, 4.69) is 34.7 Å². The minimum Gasteiger partial charge on any atom is -0.493 e. The van der Waals surface area contributed by atoms with Crippen molar-refractivity contribution in [1.82, 2.24) is 10.2 Å². The molecule has 0 radical (unpaired) electrons. The summed E-state index contributed by atoms with van der Waals surface area (Å²) >= 11 is 1.77. The van der Waals surface area contributed by atoms with Gasteiger partial charge in [0, 0.05) is 11.4 Å². The third-order valence-electron chi connectivity index (χ3n) is 5.05. The van der Waals surface area contributed by atoms with Gasteiger partial charge in [0.1, 0.15) is 5.75 Å². The topological polar surface area (TPSA) is 41.6 Å². The number of para-hydroxylation sites is 1. The van der Waals surface area contributed by atoms with Gasteiger partial charge in [-0.3, -0.25) is 9.69 Å². The molecule has 1 saturated heterocycles. The average molecular weight is 387 g/mol. The van der Waals surface area contributed by atoms with Crippen LogP contribution in [0.2, 0.25) is 0 Å². The number of rotatable bonds is 9. The fourth-order valence-corrected chi connectivity index (χ4v) is 4.37. The number of likely N-dealkylation sites (tertiary alicyclic amines) is 1. The fourth-order valence-electron chi connectivity index (χ4n) is 3.51. The van der Waals surface area contributed by atoms with Crippen molar-refractivity contribution in [3.63, 3.8) is 0 Å². The van der Waals surface area contributed by atoms with E-state index in [0.717, 1.165) is 25.9 Å². The van der Waals surface area contributed by atoms with E-state index < -0.39 is 0 Å². The van der Waals surface area contributed by atoms with Crippen molar-refractivity contribution in [3.05, 3.63) is 52.2 Å². The van der Waals surface area contributed by atoms with E-state index in [1.54, 1.807) is 11.3 Å². The summed E-state index contributed by atoms with van der Waals surface area (Å²) in [6.07, 6.45) is 5.86. The predicted molar refractivity (Wildman–Crippen MR) is 112 cm³/mol. The van der Waals surface area contributed by atoms with Crippen molar-refractivity contribution >= 4 is 17.2 Å². The van der Waals surface area contributed by atoms with Gasteiger partial charge < -0.3 is 10.1 Å². The first-order valence-electron chi connectivity index (χ1n) is 10.1. The van der Waals surface area contributed by atoms with Crippen molar-refractivity contribution in [1.29, 1.82) is 0 Å². The average Bonchev–Trinajstić information content (AvgIpc) is 3.24. The molecule has 1 amide bonds. The molecule has 3 rings (SSSR count). The lowest BCUT2D eigenvalue weighted by Crippen LogP contribution is -2.40. The van der Waals surface area contributed by atoms with E-state index in [-0.39, 0.29) is 11.9 Å². The van der Waals surface area contributed by atoms with Crippen LogP contribution in [0.25, 0.3) is 0 Å². The van der Waals surface area contributed by atoms with Crippen LogP contribution in [0.1, 0.15) is 60.3 Å². The Balaban J connectivity index is 1.65. The van der Waals surface area contributed by atoms with Gasteiger partial charge in [0.25, 0.3) is 5.91 Å². The predicted octanol–water partition coefficient (Wildman–Crippen LogP) is 4.88. The lowest BCUT2D eigenvalue weighted by Gasteiger charge is -2.34. The summed E-state index contributed by atoms with van der Waals surface area (Å²) < 4.78 is 5.82. The fraction of sp³-hybridized carbons (Fsp3) is 0.500. The van der Waals surface area contributed by atoms with Gasteiger partial charge in [0.05, 0.1) is 18.2 Å². The van der Waals surface area contributed by atoms with E-state index in [4.69, 9.17) is 4.74 Å². The molecule has 1 unspecified atom stereocenters. The van der Waals surface area contributed by atoms with Crippen LogP contribution >= 0.6 is 11.3 Å². The van der Waals surface area contributed by atoms with Crippen LogP contribution in [-0.2, 0) is 0 Å². The van der Waals surface area contributed by atoms with Gasteiger partial charge in [-0.2, -0.15) is 0 Å². The Kier molecular flexibility index (Phi) is 7.72. The molecule has 0 aliphatic carbocycles. The highest BCUT2D eigenvalue weighted by atomic mass is 32.1. The van der Waals surface area contributed by atoms with E-state index >= 15 is 0 Å².